The molecule has 2 heterocycles. The van der Waals surface area contributed by atoms with Crippen LogP contribution in [0.1, 0.15) is 12.8 Å². The zero-order chi connectivity index (χ0) is 10.3. The highest BCUT2D eigenvalue weighted by atomic mass is 16.2. The highest BCUT2D eigenvalue weighted by molar-refractivity contribution is 5.95. The SMILES string of the molecule is O=C1N2CCC[C@H](C2)N1c1ccccc1. The molecule has 15 heavy (non-hydrogen) atoms. The first-order valence-electron chi connectivity index (χ1n) is 5.49. The van der Waals surface area contributed by atoms with Crippen molar-refractivity contribution in [1.82, 2.24) is 4.90 Å². The number of urea groups is 1. The summed E-state index contributed by atoms with van der Waals surface area (Å²) in [5, 5.41) is 0. The second-order valence-corrected chi connectivity index (χ2v) is 4.23. The number of para-hydroxylation sites is 1. The van der Waals surface area contributed by atoms with Crippen LogP contribution in [0.3, 0.4) is 0 Å². The van der Waals surface area contributed by atoms with Crippen molar-refractivity contribution in [3.63, 3.8) is 0 Å². The third-order valence-corrected chi connectivity index (χ3v) is 3.27. The lowest BCUT2D eigenvalue weighted by Gasteiger charge is -2.22. The van der Waals surface area contributed by atoms with E-state index in [4.69, 9.17) is 0 Å². The fraction of sp³-hybridized carbons (Fsp3) is 0.417. The van der Waals surface area contributed by atoms with E-state index in [0.717, 1.165) is 31.6 Å². The number of hydrogen-bond acceptors (Lipinski definition) is 1. The third-order valence-electron chi connectivity index (χ3n) is 3.27. The molecule has 0 spiro atoms. The van der Waals surface area contributed by atoms with E-state index in [9.17, 15) is 4.79 Å². The van der Waals surface area contributed by atoms with Gasteiger partial charge in [0.15, 0.2) is 0 Å². The fourth-order valence-electron chi connectivity index (χ4n) is 2.56. The number of fused-ring (bicyclic) bond motifs is 2. The van der Waals surface area contributed by atoms with Gasteiger partial charge in [-0.3, -0.25) is 4.90 Å². The molecule has 3 rings (SSSR count). The molecule has 2 aliphatic rings. The average molecular weight is 202 g/mol. The van der Waals surface area contributed by atoms with Crippen LogP contribution in [0.2, 0.25) is 0 Å². The van der Waals surface area contributed by atoms with E-state index >= 15 is 0 Å². The van der Waals surface area contributed by atoms with Gasteiger partial charge in [0.05, 0.1) is 6.04 Å². The summed E-state index contributed by atoms with van der Waals surface area (Å²) >= 11 is 0. The molecule has 0 unspecified atom stereocenters. The van der Waals surface area contributed by atoms with Crippen LogP contribution in [-0.2, 0) is 0 Å². The molecular weight excluding hydrogens is 188 g/mol. The van der Waals surface area contributed by atoms with Crippen LogP contribution in [0.25, 0.3) is 0 Å². The number of benzene rings is 1. The molecule has 1 aromatic carbocycles. The van der Waals surface area contributed by atoms with Crippen molar-refractivity contribution in [2.24, 2.45) is 0 Å². The normalized spacial score (nSPS) is 24.8. The number of rotatable bonds is 1. The summed E-state index contributed by atoms with van der Waals surface area (Å²) in [6, 6.07) is 10.6. The number of hydrogen-bond donors (Lipinski definition) is 0. The first kappa shape index (κ1) is 8.77. The lowest BCUT2D eigenvalue weighted by Crippen LogP contribution is -2.32. The molecule has 1 aromatic rings. The van der Waals surface area contributed by atoms with E-state index in [-0.39, 0.29) is 6.03 Å². The molecule has 0 aromatic heterocycles. The van der Waals surface area contributed by atoms with E-state index in [1.807, 2.05) is 40.1 Å². The quantitative estimate of drug-likeness (QED) is 0.684. The van der Waals surface area contributed by atoms with E-state index in [1.54, 1.807) is 0 Å². The summed E-state index contributed by atoms with van der Waals surface area (Å²) in [6.45, 7) is 1.84. The summed E-state index contributed by atoms with van der Waals surface area (Å²) < 4.78 is 0. The lowest BCUT2D eigenvalue weighted by molar-refractivity contribution is 0.216. The smallest absolute Gasteiger partial charge is 0.322 e. The van der Waals surface area contributed by atoms with Crippen LogP contribution in [0.15, 0.2) is 30.3 Å². The first-order valence-corrected chi connectivity index (χ1v) is 5.49. The predicted molar refractivity (Wildman–Crippen MR) is 58.9 cm³/mol. The first-order chi connectivity index (χ1) is 7.36. The standard InChI is InChI=1S/C12H14N2O/c15-12-13-8-4-7-11(9-13)14(12)10-5-2-1-3-6-10/h1-3,5-6,11H,4,7-9H2/t11-/m1/s1. The van der Waals surface area contributed by atoms with Crippen molar-refractivity contribution in [3.05, 3.63) is 30.3 Å². The van der Waals surface area contributed by atoms with Crippen LogP contribution < -0.4 is 4.90 Å². The summed E-state index contributed by atoms with van der Waals surface area (Å²) in [6.07, 6.45) is 2.27. The van der Waals surface area contributed by atoms with Crippen molar-refractivity contribution >= 4 is 11.7 Å². The molecule has 0 aliphatic carbocycles. The molecule has 2 aliphatic heterocycles. The Morgan fingerprint density at radius 2 is 2.00 bits per heavy atom. The Morgan fingerprint density at radius 3 is 2.73 bits per heavy atom. The largest absolute Gasteiger partial charge is 0.324 e. The fourth-order valence-corrected chi connectivity index (χ4v) is 2.56. The molecule has 2 bridgehead atoms. The van der Waals surface area contributed by atoms with Gasteiger partial charge in [0, 0.05) is 18.8 Å². The molecule has 2 saturated heterocycles. The van der Waals surface area contributed by atoms with Gasteiger partial charge >= 0.3 is 6.03 Å². The highest BCUT2D eigenvalue weighted by Crippen LogP contribution is 2.30. The predicted octanol–water partition coefficient (Wildman–Crippen LogP) is 2.09. The van der Waals surface area contributed by atoms with Gasteiger partial charge in [0.1, 0.15) is 0 Å². The molecule has 0 saturated carbocycles. The Morgan fingerprint density at radius 1 is 1.20 bits per heavy atom. The Labute approximate surface area is 89.3 Å². The van der Waals surface area contributed by atoms with Gasteiger partial charge in [-0.15, -0.1) is 0 Å². The van der Waals surface area contributed by atoms with E-state index in [0.29, 0.717) is 6.04 Å². The van der Waals surface area contributed by atoms with Gasteiger partial charge in [-0.05, 0) is 25.0 Å². The molecule has 78 valence electrons. The van der Waals surface area contributed by atoms with E-state index in [2.05, 4.69) is 0 Å². The molecule has 0 radical (unpaired) electrons. The number of anilines is 1. The van der Waals surface area contributed by atoms with Crippen molar-refractivity contribution in [3.8, 4) is 0 Å². The average Bonchev–Trinajstić information content (AvgIpc) is 2.51. The van der Waals surface area contributed by atoms with E-state index < -0.39 is 0 Å². The van der Waals surface area contributed by atoms with Gasteiger partial charge in [0.25, 0.3) is 0 Å². The van der Waals surface area contributed by atoms with Gasteiger partial charge in [-0.25, -0.2) is 4.79 Å². The molecule has 3 nitrogen and oxygen atoms in total. The number of carbonyl (C=O) groups excluding carboxylic acids is 1. The minimum atomic E-state index is 0.184. The highest BCUT2D eigenvalue weighted by Gasteiger charge is 2.40. The number of amides is 2. The molecule has 3 heteroatoms. The van der Waals surface area contributed by atoms with E-state index in [1.165, 1.54) is 0 Å². The van der Waals surface area contributed by atoms with Gasteiger partial charge in [-0.1, -0.05) is 18.2 Å². The van der Waals surface area contributed by atoms with Crippen LogP contribution in [0.5, 0.6) is 0 Å². The van der Waals surface area contributed by atoms with Crippen LogP contribution in [0.4, 0.5) is 10.5 Å². The zero-order valence-electron chi connectivity index (χ0n) is 8.60. The van der Waals surface area contributed by atoms with Crippen LogP contribution in [-0.4, -0.2) is 30.1 Å². The number of carbonyl (C=O) groups is 1. The van der Waals surface area contributed by atoms with Gasteiger partial charge < -0.3 is 4.90 Å². The summed E-state index contributed by atoms with van der Waals surface area (Å²) in [4.78, 5) is 16.0. The number of nitrogens with zero attached hydrogens (tertiary/aromatic N) is 2. The Kier molecular flexibility index (Phi) is 1.91. The summed E-state index contributed by atoms with van der Waals surface area (Å²) in [5.41, 5.74) is 1.04. The molecule has 1 atom stereocenters. The monoisotopic (exact) mass is 202 g/mol. The number of piperidine rings is 1. The molecule has 2 fully saturated rings. The second kappa shape index (κ2) is 3.26. The molecule has 0 N–H and O–H groups in total. The maximum absolute atomic E-state index is 12.0. The summed E-state index contributed by atoms with van der Waals surface area (Å²) in [5.74, 6) is 0. The minimum absolute atomic E-state index is 0.184. The van der Waals surface area contributed by atoms with Crippen molar-refractivity contribution < 1.29 is 4.79 Å². The maximum Gasteiger partial charge on any atom is 0.324 e. The summed E-state index contributed by atoms with van der Waals surface area (Å²) in [7, 11) is 0. The van der Waals surface area contributed by atoms with Crippen molar-refractivity contribution in [2.45, 2.75) is 18.9 Å². The molecular formula is C12H14N2O. The van der Waals surface area contributed by atoms with Crippen molar-refractivity contribution in [2.75, 3.05) is 18.0 Å². The Balaban J connectivity index is 1.96. The minimum Gasteiger partial charge on any atom is -0.322 e. The lowest BCUT2D eigenvalue weighted by atomic mass is 10.1. The zero-order valence-corrected chi connectivity index (χ0v) is 8.60. The van der Waals surface area contributed by atoms with Crippen LogP contribution in [0, 0.1) is 0 Å². The Hall–Kier alpha value is -1.51. The van der Waals surface area contributed by atoms with Gasteiger partial charge in [0.2, 0.25) is 0 Å². The van der Waals surface area contributed by atoms with Gasteiger partial charge in [-0.2, -0.15) is 0 Å². The second-order valence-electron chi connectivity index (χ2n) is 4.23. The molecule has 2 amide bonds. The third kappa shape index (κ3) is 1.30. The van der Waals surface area contributed by atoms with Crippen LogP contribution >= 0.6 is 0 Å². The topological polar surface area (TPSA) is 23.6 Å². The van der Waals surface area contributed by atoms with Crippen molar-refractivity contribution in [1.29, 1.82) is 0 Å². The maximum atomic E-state index is 12.0. The Bertz CT molecular complexity index is 376.